The minimum atomic E-state index is 0.0899. The van der Waals surface area contributed by atoms with Crippen molar-refractivity contribution in [1.29, 1.82) is 0 Å². The molecule has 2 aliphatic heterocycles. The van der Waals surface area contributed by atoms with Crippen molar-refractivity contribution in [3.8, 4) is 0 Å². The molecule has 2 saturated heterocycles. The third-order valence-corrected chi connectivity index (χ3v) is 4.60. The highest BCUT2D eigenvalue weighted by Crippen LogP contribution is 2.30. The zero-order valence-electron chi connectivity index (χ0n) is 13.5. The first kappa shape index (κ1) is 16.2. The molecule has 4 heteroatoms. The maximum Gasteiger partial charge on any atom is 0.0710 e. The molecule has 0 aromatic carbocycles. The van der Waals surface area contributed by atoms with Crippen LogP contribution in [0.25, 0.3) is 0 Å². The molecule has 0 aliphatic carbocycles. The molecule has 0 bridgehead atoms. The third kappa shape index (κ3) is 4.99. The average Bonchev–Trinajstić information content (AvgIpc) is 2.76. The Bertz CT molecular complexity index is 284. The Morgan fingerprint density at radius 1 is 1.30 bits per heavy atom. The lowest BCUT2D eigenvalue weighted by Crippen LogP contribution is -2.48. The topological polar surface area (TPSA) is 33.7 Å². The van der Waals surface area contributed by atoms with E-state index in [0.717, 1.165) is 26.2 Å². The van der Waals surface area contributed by atoms with Gasteiger partial charge >= 0.3 is 0 Å². The molecule has 2 rings (SSSR count). The molecule has 4 nitrogen and oxygen atoms in total. The number of piperidine rings is 1. The number of methoxy groups -OCH3 is 1. The zero-order chi connectivity index (χ0) is 14.4. The number of nitrogens with one attached hydrogen (secondary N) is 1. The SMILES string of the molecule is COCCNCC1CCCCN1CC1CCC(C)(C)O1. The molecule has 20 heavy (non-hydrogen) atoms. The van der Waals surface area contributed by atoms with E-state index in [1.165, 1.54) is 38.6 Å². The van der Waals surface area contributed by atoms with Gasteiger partial charge in [0.1, 0.15) is 0 Å². The van der Waals surface area contributed by atoms with Gasteiger partial charge in [0.2, 0.25) is 0 Å². The Kier molecular flexibility index (Phi) is 6.27. The smallest absolute Gasteiger partial charge is 0.0710 e. The van der Waals surface area contributed by atoms with E-state index >= 15 is 0 Å². The van der Waals surface area contributed by atoms with Crippen LogP contribution in [0.3, 0.4) is 0 Å². The van der Waals surface area contributed by atoms with Crippen molar-refractivity contribution in [2.45, 2.75) is 63.7 Å². The van der Waals surface area contributed by atoms with Gasteiger partial charge in [0.25, 0.3) is 0 Å². The van der Waals surface area contributed by atoms with Crippen LogP contribution >= 0.6 is 0 Å². The Morgan fingerprint density at radius 3 is 2.85 bits per heavy atom. The first-order chi connectivity index (χ1) is 9.61. The summed E-state index contributed by atoms with van der Waals surface area (Å²) in [6, 6.07) is 0.674. The highest BCUT2D eigenvalue weighted by Gasteiger charge is 2.34. The molecule has 2 unspecified atom stereocenters. The number of hydrogen-bond donors (Lipinski definition) is 1. The van der Waals surface area contributed by atoms with Crippen molar-refractivity contribution < 1.29 is 9.47 Å². The van der Waals surface area contributed by atoms with Crippen LogP contribution in [-0.4, -0.2) is 62.5 Å². The molecule has 0 saturated carbocycles. The van der Waals surface area contributed by atoms with Crippen molar-refractivity contribution >= 4 is 0 Å². The summed E-state index contributed by atoms with van der Waals surface area (Å²) in [7, 11) is 1.76. The summed E-state index contributed by atoms with van der Waals surface area (Å²) < 4.78 is 11.3. The second kappa shape index (κ2) is 7.74. The van der Waals surface area contributed by atoms with E-state index in [4.69, 9.17) is 9.47 Å². The fourth-order valence-corrected chi connectivity index (χ4v) is 3.44. The Balaban J connectivity index is 1.75. The van der Waals surface area contributed by atoms with Gasteiger partial charge in [-0.3, -0.25) is 4.90 Å². The minimum Gasteiger partial charge on any atom is -0.383 e. The molecule has 0 aromatic rings. The predicted molar refractivity (Wildman–Crippen MR) is 82.1 cm³/mol. The number of likely N-dealkylation sites (tertiary alicyclic amines) is 1. The molecule has 2 atom stereocenters. The average molecular weight is 284 g/mol. The second-order valence-corrected chi connectivity index (χ2v) is 6.88. The summed E-state index contributed by atoms with van der Waals surface area (Å²) in [5.41, 5.74) is 0.0899. The number of nitrogens with zero attached hydrogens (tertiary/aromatic N) is 1. The van der Waals surface area contributed by atoms with Crippen LogP contribution in [0, 0.1) is 0 Å². The maximum atomic E-state index is 6.16. The number of rotatable bonds is 7. The lowest BCUT2D eigenvalue weighted by molar-refractivity contribution is -0.0371. The number of ether oxygens (including phenoxy) is 2. The summed E-state index contributed by atoms with van der Waals surface area (Å²) in [5.74, 6) is 0. The first-order valence-corrected chi connectivity index (χ1v) is 8.22. The van der Waals surface area contributed by atoms with E-state index in [1.807, 2.05) is 0 Å². The fourth-order valence-electron chi connectivity index (χ4n) is 3.44. The molecular weight excluding hydrogens is 252 g/mol. The van der Waals surface area contributed by atoms with Crippen LogP contribution in [0.5, 0.6) is 0 Å². The van der Waals surface area contributed by atoms with Crippen molar-refractivity contribution in [3.63, 3.8) is 0 Å². The summed E-state index contributed by atoms with van der Waals surface area (Å²) >= 11 is 0. The van der Waals surface area contributed by atoms with Gasteiger partial charge < -0.3 is 14.8 Å². The normalized spacial score (nSPS) is 30.8. The van der Waals surface area contributed by atoms with Crippen LogP contribution in [0.1, 0.15) is 46.0 Å². The largest absolute Gasteiger partial charge is 0.383 e. The van der Waals surface area contributed by atoms with Crippen LogP contribution in [0.4, 0.5) is 0 Å². The van der Waals surface area contributed by atoms with E-state index in [1.54, 1.807) is 7.11 Å². The summed E-state index contributed by atoms with van der Waals surface area (Å²) in [4.78, 5) is 2.65. The molecule has 2 aliphatic rings. The zero-order valence-corrected chi connectivity index (χ0v) is 13.5. The monoisotopic (exact) mass is 284 g/mol. The molecule has 2 heterocycles. The van der Waals surface area contributed by atoms with Gasteiger partial charge in [0.05, 0.1) is 18.3 Å². The van der Waals surface area contributed by atoms with Crippen LogP contribution in [0.15, 0.2) is 0 Å². The van der Waals surface area contributed by atoms with E-state index in [0.29, 0.717) is 12.1 Å². The van der Waals surface area contributed by atoms with Crippen molar-refractivity contribution in [1.82, 2.24) is 10.2 Å². The predicted octanol–water partition coefficient (Wildman–Crippen LogP) is 2.03. The molecule has 118 valence electrons. The van der Waals surface area contributed by atoms with Crippen LogP contribution < -0.4 is 5.32 Å². The van der Waals surface area contributed by atoms with Gasteiger partial charge in [-0.15, -0.1) is 0 Å². The van der Waals surface area contributed by atoms with Crippen molar-refractivity contribution in [3.05, 3.63) is 0 Å². The molecule has 1 N–H and O–H groups in total. The first-order valence-electron chi connectivity index (χ1n) is 8.22. The fraction of sp³-hybridized carbons (Fsp3) is 1.00. The van der Waals surface area contributed by atoms with Crippen molar-refractivity contribution in [2.75, 3.05) is 39.9 Å². The van der Waals surface area contributed by atoms with E-state index in [-0.39, 0.29) is 5.60 Å². The van der Waals surface area contributed by atoms with E-state index in [2.05, 4.69) is 24.1 Å². The third-order valence-electron chi connectivity index (χ3n) is 4.60. The second-order valence-electron chi connectivity index (χ2n) is 6.88. The van der Waals surface area contributed by atoms with Gasteiger partial charge in [0.15, 0.2) is 0 Å². The summed E-state index contributed by atoms with van der Waals surface area (Å²) in [5, 5.41) is 3.52. The lowest BCUT2D eigenvalue weighted by atomic mass is 10.0. The minimum absolute atomic E-state index is 0.0899. The molecule has 0 spiro atoms. The number of hydrogen-bond acceptors (Lipinski definition) is 4. The quantitative estimate of drug-likeness (QED) is 0.725. The van der Waals surface area contributed by atoms with Crippen LogP contribution in [0.2, 0.25) is 0 Å². The van der Waals surface area contributed by atoms with E-state index in [9.17, 15) is 0 Å². The van der Waals surface area contributed by atoms with E-state index < -0.39 is 0 Å². The molecule has 0 aromatic heterocycles. The van der Waals surface area contributed by atoms with Gasteiger partial charge in [-0.1, -0.05) is 6.42 Å². The Hall–Kier alpha value is -0.160. The molecule has 0 amide bonds. The maximum absolute atomic E-state index is 6.16. The van der Waals surface area contributed by atoms with Gasteiger partial charge in [-0.25, -0.2) is 0 Å². The highest BCUT2D eigenvalue weighted by atomic mass is 16.5. The lowest BCUT2D eigenvalue weighted by Gasteiger charge is -2.37. The van der Waals surface area contributed by atoms with Gasteiger partial charge in [-0.2, -0.15) is 0 Å². The summed E-state index contributed by atoms with van der Waals surface area (Å²) in [6.07, 6.45) is 6.87. The molecule has 2 fully saturated rings. The Labute approximate surface area is 124 Å². The Morgan fingerprint density at radius 2 is 2.15 bits per heavy atom. The standard InChI is InChI=1S/C16H32N2O2/c1-16(2)8-7-15(20-16)13-18-10-5-4-6-14(18)12-17-9-11-19-3/h14-15,17H,4-13H2,1-3H3. The highest BCUT2D eigenvalue weighted by molar-refractivity contribution is 4.86. The molecule has 0 radical (unpaired) electrons. The van der Waals surface area contributed by atoms with Gasteiger partial charge in [0, 0.05) is 32.8 Å². The van der Waals surface area contributed by atoms with Crippen molar-refractivity contribution in [2.24, 2.45) is 0 Å². The van der Waals surface area contributed by atoms with Gasteiger partial charge in [-0.05, 0) is 46.1 Å². The molecular formula is C16H32N2O2. The van der Waals surface area contributed by atoms with Crippen LogP contribution in [-0.2, 0) is 9.47 Å². The summed E-state index contributed by atoms with van der Waals surface area (Å²) in [6.45, 7) is 9.61.